The van der Waals surface area contributed by atoms with E-state index in [1.54, 1.807) is 13.2 Å². The maximum absolute atomic E-state index is 12.1. The third-order valence-electron chi connectivity index (χ3n) is 3.33. The molecule has 1 amide bonds. The van der Waals surface area contributed by atoms with Crippen LogP contribution in [-0.2, 0) is 11.3 Å². The van der Waals surface area contributed by atoms with Crippen LogP contribution in [-0.4, -0.2) is 29.0 Å². The lowest BCUT2D eigenvalue weighted by Crippen LogP contribution is -2.40. The summed E-state index contributed by atoms with van der Waals surface area (Å²) in [6.45, 7) is 0.324. The van der Waals surface area contributed by atoms with Gasteiger partial charge in [0.1, 0.15) is 6.61 Å². The molecule has 0 radical (unpaired) electrons. The van der Waals surface area contributed by atoms with Gasteiger partial charge in [-0.3, -0.25) is 4.79 Å². The number of carbonyl (C=O) groups is 1. The monoisotopic (exact) mass is 330 g/mol. The molecule has 1 N–H and O–H groups in total. The summed E-state index contributed by atoms with van der Waals surface area (Å²) in [7, 11) is 1.57. The van der Waals surface area contributed by atoms with E-state index in [-0.39, 0.29) is 11.9 Å². The highest BCUT2D eigenvalue weighted by Gasteiger charge is 2.24. The van der Waals surface area contributed by atoms with E-state index >= 15 is 0 Å². The Bertz CT molecular complexity index is 422. The van der Waals surface area contributed by atoms with E-state index in [0.29, 0.717) is 22.9 Å². The van der Waals surface area contributed by atoms with Gasteiger partial charge in [0.25, 0.3) is 5.91 Å². The molecule has 0 saturated heterocycles. The number of halogens is 1. The number of hydrogen-bond donors (Lipinski definition) is 1. The number of hydrogen-bond acceptors (Lipinski definition) is 4. The number of alkyl halides is 1. The van der Waals surface area contributed by atoms with Gasteiger partial charge < -0.3 is 14.6 Å². The molecule has 106 valence electrons. The molecule has 2 unspecified atom stereocenters. The van der Waals surface area contributed by atoms with Crippen LogP contribution in [0.15, 0.2) is 10.6 Å². The molecule has 2 atom stereocenters. The van der Waals surface area contributed by atoms with Gasteiger partial charge in [0.15, 0.2) is 11.5 Å². The van der Waals surface area contributed by atoms with Crippen molar-refractivity contribution in [2.24, 2.45) is 0 Å². The molecule has 6 heteroatoms. The van der Waals surface area contributed by atoms with Crippen molar-refractivity contribution in [3.63, 3.8) is 0 Å². The molecule has 1 saturated carbocycles. The minimum atomic E-state index is -0.178. The van der Waals surface area contributed by atoms with Crippen molar-refractivity contribution in [3.8, 4) is 0 Å². The molecule has 19 heavy (non-hydrogen) atoms. The SMILES string of the molecule is COCc1cc(C(=O)NC2CCCCCC2Br)no1. The first-order chi connectivity index (χ1) is 9.20. The predicted octanol–water partition coefficient (Wildman–Crippen LogP) is 2.65. The van der Waals surface area contributed by atoms with E-state index in [1.165, 1.54) is 12.8 Å². The van der Waals surface area contributed by atoms with E-state index < -0.39 is 0 Å². The summed E-state index contributed by atoms with van der Waals surface area (Å²) < 4.78 is 9.95. The molecule has 0 bridgehead atoms. The summed E-state index contributed by atoms with van der Waals surface area (Å²) in [5, 5.41) is 6.80. The molecule has 0 aromatic carbocycles. The standard InChI is InChI=1S/C13H19BrN2O3/c1-18-8-9-7-12(16-19-9)13(17)15-11-6-4-2-3-5-10(11)14/h7,10-11H,2-6,8H2,1H3,(H,15,17). The van der Waals surface area contributed by atoms with Crippen molar-refractivity contribution < 1.29 is 14.1 Å². The number of nitrogens with zero attached hydrogens (tertiary/aromatic N) is 1. The molecule has 5 nitrogen and oxygen atoms in total. The predicted molar refractivity (Wildman–Crippen MR) is 74.3 cm³/mol. The van der Waals surface area contributed by atoms with Gasteiger partial charge in [-0.2, -0.15) is 0 Å². The van der Waals surface area contributed by atoms with Gasteiger partial charge in [-0.1, -0.05) is 40.3 Å². The van der Waals surface area contributed by atoms with Gasteiger partial charge in [-0.05, 0) is 12.8 Å². The summed E-state index contributed by atoms with van der Waals surface area (Å²) in [5.74, 6) is 0.381. The first kappa shape index (κ1) is 14.5. The fourth-order valence-corrected chi connectivity index (χ4v) is 3.02. The van der Waals surface area contributed by atoms with Gasteiger partial charge in [0.2, 0.25) is 0 Å². The summed E-state index contributed by atoms with van der Waals surface area (Å²) in [5.41, 5.74) is 0.316. The Hall–Kier alpha value is -0.880. The van der Waals surface area contributed by atoms with Crippen LogP contribution in [0.2, 0.25) is 0 Å². The number of amides is 1. The van der Waals surface area contributed by atoms with Crippen molar-refractivity contribution in [1.29, 1.82) is 0 Å². The zero-order valence-electron chi connectivity index (χ0n) is 11.0. The van der Waals surface area contributed by atoms with Crippen molar-refractivity contribution in [1.82, 2.24) is 10.5 Å². The van der Waals surface area contributed by atoms with Crippen LogP contribution < -0.4 is 5.32 Å². The topological polar surface area (TPSA) is 64.4 Å². The van der Waals surface area contributed by atoms with Crippen molar-refractivity contribution in [3.05, 3.63) is 17.5 Å². The molecular weight excluding hydrogens is 312 g/mol. The second-order valence-electron chi connectivity index (χ2n) is 4.85. The third kappa shape index (κ3) is 4.04. The molecule has 1 fully saturated rings. The Morgan fingerprint density at radius 3 is 3.11 bits per heavy atom. The molecule has 1 aliphatic carbocycles. The highest BCUT2D eigenvalue weighted by molar-refractivity contribution is 9.09. The highest BCUT2D eigenvalue weighted by atomic mass is 79.9. The highest BCUT2D eigenvalue weighted by Crippen LogP contribution is 2.24. The van der Waals surface area contributed by atoms with E-state index in [0.717, 1.165) is 19.3 Å². The molecule has 1 heterocycles. The zero-order valence-corrected chi connectivity index (χ0v) is 12.6. The molecule has 1 aliphatic rings. The van der Waals surface area contributed by atoms with Crippen LogP contribution in [0.3, 0.4) is 0 Å². The van der Waals surface area contributed by atoms with Crippen LogP contribution in [0, 0.1) is 0 Å². The van der Waals surface area contributed by atoms with Gasteiger partial charge in [-0.15, -0.1) is 0 Å². The molecular formula is C13H19BrN2O3. The minimum Gasteiger partial charge on any atom is -0.377 e. The van der Waals surface area contributed by atoms with Crippen LogP contribution in [0.25, 0.3) is 0 Å². The van der Waals surface area contributed by atoms with Crippen molar-refractivity contribution in [2.45, 2.75) is 49.6 Å². The molecule has 0 aliphatic heterocycles. The maximum Gasteiger partial charge on any atom is 0.273 e. The lowest BCUT2D eigenvalue weighted by atomic mass is 10.1. The lowest BCUT2D eigenvalue weighted by Gasteiger charge is -2.20. The quantitative estimate of drug-likeness (QED) is 0.680. The number of rotatable bonds is 4. The fraction of sp³-hybridized carbons (Fsp3) is 0.692. The van der Waals surface area contributed by atoms with Crippen LogP contribution in [0.1, 0.15) is 48.4 Å². The molecule has 2 rings (SSSR count). The average Bonchev–Trinajstić information content (AvgIpc) is 2.77. The number of nitrogens with one attached hydrogen (secondary N) is 1. The van der Waals surface area contributed by atoms with Gasteiger partial charge >= 0.3 is 0 Å². The number of methoxy groups -OCH3 is 1. The Labute approximate surface area is 121 Å². The number of ether oxygens (including phenoxy) is 1. The van der Waals surface area contributed by atoms with Crippen LogP contribution >= 0.6 is 15.9 Å². The number of aromatic nitrogens is 1. The second kappa shape index (κ2) is 7.05. The van der Waals surface area contributed by atoms with E-state index in [9.17, 15) is 4.79 Å². The Morgan fingerprint density at radius 1 is 1.53 bits per heavy atom. The largest absolute Gasteiger partial charge is 0.377 e. The second-order valence-corrected chi connectivity index (χ2v) is 6.02. The first-order valence-corrected chi connectivity index (χ1v) is 7.51. The first-order valence-electron chi connectivity index (χ1n) is 6.60. The lowest BCUT2D eigenvalue weighted by molar-refractivity contribution is 0.0925. The molecule has 1 aromatic heterocycles. The number of carbonyl (C=O) groups excluding carboxylic acids is 1. The fourth-order valence-electron chi connectivity index (χ4n) is 2.30. The smallest absolute Gasteiger partial charge is 0.273 e. The van der Waals surface area contributed by atoms with Gasteiger partial charge in [0, 0.05) is 24.0 Å². The Kier molecular flexibility index (Phi) is 5.39. The average molecular weight is 331 g/mol. The summed E-state index contributed by atoms with van der Waals surface area (Å²) >= 11 is 3.66. The Balaban J connectivity index is 1.94. The van der Waals surface area contributed by atoms with E-state index in [4.69, 9.17) is 9.26 Å². The minimum absolute atomic E-state index is 0.164. The zero-order chi connectivity index (χ0) is 13.7. The van der Waals surface area contributed by atoms with E-state index in [2.05, 4.69) is 26.4 Å². The third-order valence-corrected chi connectivity index (χ3v) is 4.42. The van der Waals surface area contributed by atoms with Crippen LogP contribution in [0.4, 0.5) is 0 Å². The van der Waals surface area contributed by atoms with Crippen molar-refractivity contribution in [2.75, 3.05) is 7.11 Å². The molecule has 1 aromatic rings. The van der Waals surface area contributed by atoms with Crippen molar-refractivity contribution >= 4 is 21.8 Å². The Morgan fingerprint density at radius 2 is 2.32 bits per heavy atom. The maximum atomic E-state index is 12.1. The summed E-state index contributed by atoms with van der Waals surface area (Å²) in [6, 6.07) is 1.79. The van der Waals surface area contributed by atoms with E-state index in [1.807, 2.05) is 0 Å². The van der Waals surface area contributed by atoms with Crippen LogP contribution in [0.5, 0.6) is 0 Å². The molecule has 0 spiro atoms. The van der Waals surface area contributed by atoms with Gasteiger partial charge in [0.05, 0.1) is 0 Å². The van der Waals surface area contributed by atoms with Gasteiger partial charge in [-0.25, -0.2) is 0 Å². The normalized spacial score (nSPS) is 23.9. The summed E-state index contributed by atoms with van der Waals surface area (Å²) in [6.07, 6.45) is 5.70. The summed E-state index contributed by atoms with van der Waals surface area (Å²) in [4.78, 5) is 12.4.